The van der Waals surface area contributed by atoms with Crippen LogP contribution in [0.1, 0.15) is 38.1 Å². The molecule has 0 radical (unpaired) electrons. The Morgan fingerprint density at radius 2 is 1.77 bits per heavy atom. The third kappa shape index (κ3) is 4.35. The molecule has 0 spiro atoms. The van der Waals surface area contributed by atoms with E-state index in [-0.39, 0.29) is 17.5 Å². The number of nitrogens with one attached hydrogen (secondary N) is 1. The SMILES string of the molecule is CC[C@@H](C)NC(=O)CCc1nnc2n(CCc3ccccc3)c(=O)c3ccccc3n12. The fraction of sp³-hybridized carbons (Fsp3) is 0.333. The summed E-state index contributed by atoms with van der Waals surface area (Å²) in [4.78, 5) is 25.5. The van der Waals surface area contributed by atoms with Crippen molar-refractivity contribution in [1.29, 1.82) is 0 Å². The maximum atomic E-state index is 13.2. The number of rotatable bonds is 8. The molecule has 1 amide bonds. The molecule has 2 heterocycles. The summed E-state index contributed by atoms with van der Waals surface area (Å²) in [5.74, 6) is 1.18. The van der Waals surface area contributed by atoms with Gasteiger partial charge in [0.15, 0.2) is 0 Å². The van der Waals surface area contributed by atoms with Crippen LogP contribution in [0.3, 0.4) is 0 Å². The summed E-state index contributed by atoms with van der Waals surface area (Å²) in [6.07, 6.45) is 2.37. The number of aryl methyl sites for hydroxylation is 3. The maximum Gasteiger partial charge on any atom is 0.262 e. The van der Waals surface area contributed by atoms with E-state index < -0.39 is 0 Å². The lowest BCUT2D eigenvalue weighted by Crippen LogP contribution is -2.32. The Balaban J connectivity index is 1.70. The predicted octanol–water partition coefficient (Wildman–Crippen LogP) is 3.13. The summed E-state index contributed by atoms with van der Waals surface area (Å²) in [5, 5.41) is 12.3. The van der Waals surface area contributed by atoms with Crippen molar-refractivity contribution in [1.82, 2.24) is 24.5 Å². The third-order valence-corrected chi connectivity index (χ3v) is 5.64. The van der Waals surface area contributed by atoms with Gasteiger partial charge in [-0.3, -0.25) is 18.6 Å². The number of para-hydroxylation sites is 1. The van der Waals surface area contributed by atoms with Crippen molar-refractivity contribution in [3.05, 3.63) is 76.3 Å². The second-order valence-electron chi connectivity index (χ2n) is 7.84. The van der Waals surface area contributed by atoms with Gasteiger partial charge < -0.3 is 5.32 Å². The topological polar surface area (TPSA) is 81.3 Å². The van der Waals surface area contributed by atoms with Gasteiger partial charge in [0.05, 0.1) is 10.9 Å². The van der Waals surface area contributed by atoms with Crippen LogP contribution in [0.5, 0.6) is 0 Å². The molecule has 0 saturated carbocycles. The molecular formula is C24H27N5O2. The van der Waals surface area contributed by atoms with Crippen LogP contribution in [0.2, 0.25) is 0 Å². The number of amides is 1. The largest absolute Gasteiger partial charge is 0.354 e. The number of carbonyl (C=O) groups excluding carboxylic acids is 1. The van der Waals surface area contributed by atoms with Gasteiger partial charge in [-0.15, -0.1) is 10.2 Å². The highest BCUT2D eigenvalue weighted by Gasteiger charge is 2.17. The summed E-state index contributed by atoms with van der Waals surface area (Å²) >= 11 is 0. The van der Waals surface area contributed by atoms with Crippen LogP contribution in [0, 0.1) is 0 Å². The minimum Gasteiger partial charge on any atom is -0.354 e. The molecule has 0 fully saturated rings. The number of hydrogen-bond acceptors (Lipinski definition) is 4. The number of aromatic nitrogens is 4. The number of carbonyl (C=O) groups is 1. The van der Waals surface area contributed by atoms with Crippen LogP contribution < -0.4 is 10.9 Å². The van der Waals surface area contributed by atoms with E-state index in [0.717, 1.165) is 17.5 Å². The standard InChI is InChI=1S/C24H27N5O2/c1-3-17(2)25-22(30)14-13-21-26-27-24-28(16-15-18-9-5-4-6-10-18)23(31)19-11-7-8-12-20(19)29(21)24/h4-12,17H,3,13-16H2,1-2H3,(H,25,30)/t17-/m1/s1. The number of benzene rings is 2. The summed E-state index contributed by atoms with van der Waals surface area (Å²) in [6.45, 7) is 4.53. The minimum atomic E-state index is -0.0764. The molecule has 0 saturated heterocycles. The average molecular weight is 418 g/mol. The average Bonchev–Trinajstić information content (AvgIpc) is 3.22. The Morgan fingerprint density at radius 1 is 1.03 bits per heavy atom. The normalized spacial score (nSPS) is 12.3. The van der Waals surface area contributed by atoms with Crippen LogP contribution in [-0.2, 0) is 24.2 Å². The predicted molar refractivity (Wildman–Crippen MR) is 121 cm³/mol. The van der Waals surface area contributed by atoms with E-state index in [0.29, 0.717) is 42.8 Å². The van der Waals surface area contributed by atoms with E-state index in [1.807, 2.05) is 60.7 Å². The molecule has 31 heavy (non-hydrogen) atoms. The number of nitrogens with zero attached hydrogens (tertiary/aromatic N) is 4. The molecule has 1 atom stereocenters. The van der Waals surface area contributed by atoms with Gasteiger partial charge in [0.1, 0.15) is 5.82 Å². The molecule has 4 aromatic rings. The molecule has 1 N–H and O–H groups in total. The van der Waals surface area contributed by atoms with Crippen molar-refractivity contribution >= 4 is 22.6 Å². The van der Waals surface area contributed by atoms with Gasteiger partial charge in [0.25, 0.3) is 5.56 Å². The highest BCUT2D eigenvalue weighted by Crippen LogP contribution is 2.16. The molecular weight excluding hydrogens is 390 g/mol. The first-order valence-corrected chi connectivity index (χ1v) is 10.8. The van der Waals surface area contributed by atoms with E-state index >= 15 is 0 Å². The molecule has 4 rings (SSSR count). The number of fused-ring (bicyclic) bond motifs is 3. The zero-order valence-corrected chi connectivity index (χ0v) is 17.9. The first-order valence-electron chi connectivity index (χ1n) is 10.8. The molecule has 160 valence electrons. The molecule has 0 aliphatic rings. The first-order chi connectivity index (χ1) is 15.1. The lowest BCUT2D eigenvalue weighted by atomic mass is 10.1. The number of hydrogen-bond donors (Lipinski definition) is 1. The summed E-state index contributed by atoms with van der Waals surface area (Å²) in [6, 6.07) is 17.7. The van der Waals surface area contributed by atoms with Crippen molar-refractivity contribution < 1.29 is 4.79 Å². The van der Waals surface area contributed by atoms with Gasteiger partial charge in [-0.1, -0.05) is 49.4 Å². The van der Waals surface area contributed by atoms with Crippen molar-refractivity contribution in [2.45, 2.75) is 52.1 Å². The van der Waals surface area contributed by atoms with Crippen molar-refractivity contribution in [3.8, 4) is 0 Å². The fourth-order valence-electron chi connectivity index (χ4n) is 3.74. The summed E-state index contributed by atoms with van der Waals surface area (Å²) in [5.41, 5.74) is 1.84. The van der Waals surface area contributed by atoms with E-state index in [1.165, 1.54) is 0 Å². The summed E-state index contributed by atoms with van der Waals surface area (Å²) in [7, 11) is 0. The van der Waals surface area contributed by atoms with Crippen LogP contribution in [0.25, 0.3) is 16.7 Å². The Hall–Kier alpha value is -3.48. The van der Waals surface area contributed by atoms with E-state index in [4.69, 9.17) is 0 Å². The molecule has 7 nitrogen and oxygen atoms in total. The highest BCUT2D eigenvalue weighted by atomic mass is 16.1. The fourth-order valence-corrected chi connectivity index (χ4v) is 3.74. The molecule has 7 heteroatoms. The molecule has 0 aliphatic heterocycles. The van der Waals surface area contributed by atoms with Gasteiger partial charge in [-0.25, -0.2) is 0 Å². The molecule has 0 aliphatic carbocycles. The van der Waals surface area contributed by atoms with Gasteiger partial charge in [-0.05, 0) is 37.5 Å². The quantitative estimate of drug-likeness (QED) is 0.478. The van der Waals surface area contributed by atoms with Crippen LogP contribution in [0.4, 0.5) is 0 Å². The van der Waals surface area contributed by atoms with Crippen LogP contribution in [0.15, 0.2) is 59.4 Å². The summed E-state index contributed by atoms with van der Waals surface area (Å²) < 4.78 is 3.60. The van der Waals surface area contributed by atoms with E-state index in [9.17, 15) is 9.59 Å². The van der Waals surface area contributed by atoms with Crippen molar-refractivity contribution in [2.75, 3.05) is 0 Å². The molecule has 2 aromatic heterocycles. The lowest BCUT2D eigenvalue weighted by Gasteiger charge is -2.12. The van der Waals surface area contributed by atoms with E-state index in [1.54, 1.807) is 4.57 Å². The molecule has 0 unspecified atom stereocenters. The Bertz CT molecular complexity index is 1260. The van der Waals surface area contributed by atoms with Gasteiger partial charge in [0, 0.05) is 25.4 Å². The molecule has 0 bridgehead atoms. The smallest absolute Gasteiger partial charge is 0.262 e. The lowest BCUT2D eigenvalue weighted by molar-refractivity contribution is -0.121. The van der Waals surface area contributed by atoms with Gasteiger partial charge in [0.2, 0.25) is 11.7 Å². The highest BCUT2D eigenvalue weighted by molar-refractivity contribution is 5.80. The van der Waals surface area contributed by atoms with Crippen LogP contribution in [-0.4, -0.2) is 31.1 Å². The van der Waals surface area contributed by atoms with Crippen LogP contribution >= 0.6 is 0 Å². The third-order valence-electron chi connectivity index (χ3n) is 5.64. The minimum absolute atomic E-state index is 0.00666. The van der Waals surface area contributed by atoms with Crippen molar-refractivity contribution in [2.24, 2.45) is 0 Å². The zero-order chi connectivity index (χ0) is 21.8. The van der Waals surface area contributed by atoms with Crippen molar-refractivity contribution in [3.63, 3.8) is 0 Å². The van der Waals surface area contributed by atoms with Gasteiger partial charge >= 0.3 is 0 Å². The first kappa shape index (κ1) is 20.8. The van der Waals surface area contributed by atoms with E-state index in [2.05, 4.69) is 27.6 Å². The second kappa shape index (κ2) is 9.12. The second-order valence-corrected chi connectivity index (χ2v) is 7.84. The Labute approximate surface area is 180 Å². The Kier molecular flexibility index (Phi) is 6.11. The monoisotopic (exact) mass is 417 g/mol. The zero-order valence-electron chi connectivity index (χ0n) is 17.9. The van der Waals surface area contributed by atoms with Gasteiger partial charge in [-0.2, -0.15) is 0 Å². The maximum absolute atomic E-state index is 13.2. The molecule has 2 aromatic carbocycles. The Morgan fingerprint density at radius 3 is 2.55 bits per heavy atom.